The summed E-state index contributed by atoms with van der Waals surface area (Å²) in [7, 11) is 0. The first-order valence-corrected chi connectivity index (χ1v) is 12.2. The molecule has 11 heteroatoms. The van der Waals surface area contributed by atoms with E-state index >= 15 is 0 Å². The lowest BCUT2D eigenvalue weighted by atomic mass is 10.2. The smallest absolute Gasteiger partial charge is 0.281 e. The highest BCUT2D eigenvalue weighted by molar-refractivity contribution is 8.00. The third-order valence-electron chi connectivity index (χ3n) is 4.33. The molecule has 0 saturated heterocycles. The zero-order valence-electron chi connectivity index (χ0n) is 17.5. The number of nitrogens with one attached hydrogen (secondary N) is 1. The van der Waals surface area contributed by atoms with Gasteiger partial charge in [0.25, 0.3) is 5.91 Å². The Hall–Kier alpha value is -2.95. The van der Waals surface area contributed by atoms with Crippen molar-refractivity contribution in [2.45, 2.75) is 23.4 Å². The number of halogens is 2. The summed E-state index contributed by atoms with van der Waals surface area (Å²) >= 11 is 8.79. The van der Waals surface area contributed by atoms with Gasteiger partial charge < -0.3 is 4.74 Å². The zero-order chi connectivity index (χ0) is 23.2. The van der Waals surface area contributed by atoms with Gasteiger partial charge in [-0.3, -0.25) is 10.1 Å². The lowest BCUT2D eigenvalue weighted by molar-refractivity contribution is 0.101. The van der Waals surface area contributed by atoms with E-state index in [1.54, 1.807) is 18.3 Å². The molecule has 0 unspecified atom stereocenters. The first-order valence-electron chi connectivity index (χ1n) is 10.0. The standard InChI is InChI=1S/C22H19ClFN5O2S2/c1-2-10-31-18-12-29(17-8-6-16(24)7-9-17)28-19(18)20(30)25-21-26-27-22(33-21)32-13-14-4-3-5-15(23)11-14/h3-9,11-12H,2,10,13H2,1H3,(H,25,26,30). The van der Waals surface area contributed by atoms with Crippen molar-refractivity contribution < 1.29 is 13.9 Å². The number of carbonyl (C=O) groups is 1. The SMILES string of the molecule is CCCOc1cn(-c2ccc(F)cc2)nc1C(=O)Nc1nnc(SCc2cccc(Cl)c2)s1. The number of hydrogen-bond acceptors (Lipinski definition) is 7. The molecule has 1 N–H and O–H groups in total. The quantitative estimate of drug-likeness (QED) is 0.228. The molecule has 0 atom stereocenters. The summed E-state index contributed by atoms with van der Waals surface area (Å²) in [6.45, 7) is 2.40. The first-order chi connectivity index (χ1) is 16.0. The van der Waals surface area contributed by atoms with Crippen LogP contribution in [0.3, 0.4) is 0 Å². The van der Waals surface area contributed by atoms with Crippen molar-refractivity contribution >= 4 is 45.7 Å². The van der Waals surface area contributed by atoms with Gasteiger partial charge in [-0.2, -0.15) is 5.10 Å². The fourth-order valence-electron chi connectivity index (χ4n) is 2.81. The van der Waals surface area contributed by atoms with Crippen molar-refractivity contribution in [3.8, 4) is 11.4 Å². The van der Waals surface area contributed by atoms with E-state index in [1.165, 1.54) is 39.9 Å². The Labute approximate surface area is 202 Å². The maximum Gasteiger partial charge on any atom is 0.281 e. The third-order valence-corrected chi connectivity index (χ3v) is 6.61. The highest BCUT2D eigenvalue weighted by Gasteiger charge is 2.21. The zero-order valence-corrected chi connectivity index (χ0v) is 19.9. The molecule has 33 heavy (non-hydrogen) atoms. The molecule has 7 nitrogen and oxygen atoms in total. The van der Waals surface area contributed by atoms with Crippen LogP contribution in [0.25, 0.3) is 5.69 Å². The number of aromatic nitrogens is 4. The van der Waals surface area contributed by atoms with E-state index in [4.69, 9.17) is 16.3 Å². The summed E-state index contributed by atoms with van der Waals surface area (Å²) in [5.74, 6) is 0.190. The van der Waals surface area contributed by atoms with E-state index in [1.807, 2.05) is 31.2 Å². The fourth-order valence-corrected chi connectivity index (χ4v) is 4.71. The average molecular weight is 504 g/mol. The van der Waals surface area contributed by atoms with Crippen LogP contribution in [0.2, 0.25) is 5.02 Å². The third kappa shape index (κ3) is 6.10. The molecule has 4 aromatic rings. The molecule has 0 aliphatic rings. The van der Waals surface area contributed by atoms with Gasteiger partial charge in [0.1, 0.15) is 5.82 Å². The fraction of sp³-hybridized carbons (Fsp3) is 0.182. The predicted molar refractivity (Wildman–Crippen MR) is 128 cm³/mol. The van der Waals surface area contributed by atoms with Crippen LogP contribution in [0.4, 0.5) is 9.52 Å². The van der Waals surface area contributed by atoms with E-state index in [-0.39, 0.29) is 11.5 Å². The number of anilines is 1. The molecule has 1 amide bonds. The van der Waals surface area contributed by atoms with Gasteiger partial charge in [0.05, 0.1) is 18.5 Å². The molecule has 0 aliphatic carbocycles. The van der Waals surface area contributed by atoms with E-state index in [9.17, 15) is 9.18 Å². The van der Waals surface area contributed by atoms with Crippen molar-refractivity contribution in [2.75, 3.05) is 11.9 Å². The molecule has 2 aromatic heterocycles. The molecule has 0 radical (unpaired) electrons. The van der Waals surface area contributed by atoms with Gasteiger partial charge >= 0.3 is 0 Å². The van der Waals surface area contributed by atoms with E-state index in [0.717, 1.165) is 12.0 Å². The Morgan fingerprint density at radius 1 is 1.24 bits per heavy atom. The molecule has 0 spiro atoms. The maximum atomic E-state index is 13.3. The van der Waals surface area contributed by atoms with Crippen molar-refractivity contribution in [3.05, 3.63) is 76.8 Å². The van der Waals surface area contributed by atoms with Gasteiger partial charge in [-0.1, -0.05) is 53.8 Å². The highest BCUT2D eigenvalue weighted by Crippen LogP contribution is 2.30. The Morgan fingerprint density at radius 3 is 2.82 bits per heavy atom. The van der Waals surface area contributed by atoms with Gasteiger partial charge in [0.15, 0.2) is 15.8 Å². The molecule has 0 fully saturated rings. The van der Waals surface area contributed by atoms with E-state index in [0.29, 0.717) is 38.3 Å². The monoisotopic (exact) mass is 503 g/mol. The molecular formula is C22H19ClFN5O2S2. The van der Waals surface area contributed by atoms with Crippen molar-refractivity contribution in [1.82, 2.24) is 20.0 Å². The largest absolute Gasteiger partial charge is 0.489 e. The minimum Gasteiger partial charge on any atom is -0.489 e. The van der Waals surface area contributed by atoms with Crippen molar-refractivity contribution in [2.24, 2.45) is 0 Å². The van der Waals surface area contributed by atoms with Gasteiger partial charge in [0, 0.05) is 10.8 Å². The molecule has 4 rings (SSSR count). The summed E-state index contributed by atoms with van der Waals surface area (Å²) in [6.07, 6.45) is 2.37. The first kappa shape index (κ1) is 23.2. The Balaban J connectivity index is 1.46. The number of nitrogens with zero attached hydrogens (tertiary/aromatic N) is 4. The lowest BCUT2D eigenvalue weighted by Gasteiger charge is -2.03. The molecule has 2 heterocycles. The highest BCUT2D eigenvalue weighted by atomic mass is 35.5. The van der Waals surface area contributed by atoms with Gasteiger partial charge in [0.2, 0.25) is 5.13 Å². The lowest BCUT2D eigenvalue weighted by Crippen LogP contribution is -2.14. The molecular weight excluding hydrogens is 485 g/mol. The number of ether oxygens (including phenoxy) is 1. The summed E-state index contributed by atoms with van der Waals surface area (Å²) in [4.78, 5) is 12.9. The summed E-state index contributed by atoms with van der Waals surface area (Å²) in [5, 5.41) is 16.3. The molecule has 0 bridgehead atoms. The Morgan fingerprint density at radius 2 is 2.06 bits per heavy atom. The topological polar surface area (TPSA) is 81.9 Å². The summed E-state index contributed by atoms with van der Waals surface area (Å²) in [6, 6.07) is 13.4. The van der Waals surface area contributed by atoms with Crippen LogP contribution < -0.4 is 10.1 Å². The van der Waals surface area contributed by atoms with Crippen LogP contribution in [0.5, 0.6) is 5.75 Å². The molecule has 0 saturated carbocycles. The van der Waals surface area contributed by atoms with E-state index in [2.05, 4.69) is 20.6 Å². The van der Waals surface area contributed by atoms with Crippen molar-refractivity contribution in [3.63, 3.8) is 0 Å². The number of carbonyl (C=O) groups excluding carboxylic acids is 1. The number of hydrogen-bond donors (Lipinski definition) is 1. The predicted octanol–water partition coefficient (Wildman–Crippen LogP) is 5.85. The normalized spacial score (nSPS) is 10.9. The number of rotatable bonds is 9. The van der Waals surface area contributed by atoms with Gasteiger partial charge in [-0.15, -0.1) is 10.2 Å². The van der Waals surface area contributed by atoms with Gasteiger partial charge in [-0.05, 0) is 48.4 Å². The number of thioether (sulfide) groups is 1. The maximum absolute atomic E-state index is 13.3. The summed E-state index contributed by atoms with van der Waals surface area (Å²) < 4.78 is 21.2. The summed E-state index contributed by atoms with van der Waals surface area (Å²) in [5.41, 5.74) is 1.78. The second kappa shape index (κ2) is 10.8. The number of benzene rings is 2. The Bertz CT molecular complexity index is 1250. The molecule has 2 aromatic carbocycles. The van der Waals surface area contributed by atoms with Crippen LogP contribution in [0, 0.1) is 5.82 Å². The average Bonchev–Trinajstić information content (AvgIpc) is 3.44. The van der Waals surface area contributed by atoms with Crippen molar-refractivity contribution in [1.29, 1.82) is 0 Å². The van der Waals surface area contributed by atoms with Crippen LogP contribution in [0.15, 0.2) is 59.1 Å². The van der Waals surface area contributed by atoms with Crippen LogP contribution in [-0.4, -0.2) is 32.5 Å². The Kier molecular flexibility index (Phi) is 7.58. The van der Waals surface area contributed by atoms with E-state index < -0.39 is 5.91 Å². The number of amides is 1. The minimum atomic E-state index is -0.468. The van der Waals surface area contributed by atoms with Crippen LogP contribution in [0.1, 0.15) is 29.4 Å². The molecule has 0 aliphatic heterocycles. The van der Waals surface area contributed by atoms with Crippen LogP contribution >= 0.6 is 34.7 Å². The van der Waals surface area contributed by atoms with Gasteiger partial charge in [-0.25, -0.2) is 9.07 Å². The molecule has 170 valence electrons. The van der Waals surface area contributed by atoms with Crippen LogP contribution in [-0.2, 0) is 5.75 Å². The second-order valence-corrected chi connectivity index (χ2v) is 9.49. The second-order valence-electron chi connectivity index (χ2n) is 6.86. The minimum absolute atomic E-state index is 0.108.